The molecule has 0 atom stereocenters. The second-order valence-corrected chi connectivity index (χ2v) is 3.83. The van der Waals surface area contributed by atoms with Gasteiger partial charge in [0.25, 0.3) is 0 Å². The molecule has 0 bridgehead atoms. The van der Waals surface area contributed by atoms with Gasteiger partial charge < -0.3 is 4.74 Å². The van der Waals surface area contributed by atoms with Gasteiger partial charge in [0, 0.05) is 15.3 Å². The van der Waals surface area contributed by atoms with Gasteiger partial charge in [0.15, 0.2) is 0 Å². The molecule has 0 fully saturated rings. The summed E-state index contributed by atoms with van der Waals surface area (Å²) in [6.07, 6.45) is 1.34. The zero-order chi connectivity index (χ0) is 10.6. The Morgan fingerprint density at radius 2 is 2.43 bits per heavy atom. The van der Waals surface area contributed by atoms with E-state index in [4.69, 9.17) is 4.74 Å². The van der Waals surface area contributed by atoms with E-state index in [1.165, 1.54) is 6.20 Å². The molecule has 0 saturated heterocycles. The molecule has 14 heavy (non-hydrogen) atoms. The standard InChI is InChI=1S/C9H9FINO2/c1-2-14-8(13)4-6-3-7(11)5-12-9(6)10/h3,5H,2,4H2,1H3. The zero-order valence-corrected chi connectivity index (χ0v) is 9.75. The Bertz CT molecular complexity index is 344. The summed E-state index contributed by atoms with van der Waals surface area (Å²) < 4.78 is 18.5. The molecule has 1 aromatic heterocycles. The zero-order valence-electron chi connectivity index (χ0n) is 7.59. The number of halogens is 2. The lowest BCUT2D eigenvalue weighted by Crippen LogP contribution is -2.09. The van der Waals surface area contributed by atoms with Crippen LogP contribution < -0.4 is 0 Å². The van der Waals surface area contributed by atoms with E-state index < -0.39 is 11.9 Å². The SMILES string of the molecule is CCOC(=O)Cc1cc(I)cnc1F. The first-order valence-electron chi connectivity index (χ1n) is 4.09. The van der Waals surface area contributed by atoms with Crippen molar-refractivity contribution in [1.29, 1.82) is 0 Å². The van der Waals surface area contributed by atoms with Gasteiger partial charge in [-0.2, -0.15) is 4.39 Å². The Kier molecular flexibility index (Phi) is 4.24. The number of esters is 1. The Morgan fingerprint density at radius 1 is 1.71 bits per heavy atom. The van der Waals surface area contributed by atoms with Crippen molar-refractivity contribution in [3.8, 4) is 0 Å². The molecule has 5 heteroatoms. The smallest absolute Gasteiger partial charge is 0.310 e. The number of hydrogen-bond acceptors (Lipinski definition) is 3. The van der Waals surface area contributed by atoms with Gasteiger partial charge >= 0.3 is 5.97 Å². The molecule has 0 aliphatic rings. The van der Waals surface area contributed by atoms with Crippen molar-refractivity contribution in [2.24, 2.45) is 0 Å². The lowest BCUT2D eigenvalue weighted by Gasteiger charge is -2.02. The molecule has 0 radical (unpaired) electrons. The second-order valence-electron chi connectivity index (χ2n) is 2.59. The molecule has 0 aliphatic carbocycles. The lowest BCUT2D eigenvalue weighted by molar-refractivity contribution is -0.142. The molecule has 0 amide bonds. The highest BCUT2D eigenvalue weighted by atomic mass is 127. The van der Waals surface area contributed by atoms with E-state index in [0.29, 0.717) is 6.61 Å². The summed E-state index contributed by atoms with van der Waals surface area (Å²) >= 11 is 2.01. The van der Waals surface area contributed by atoms with Crippen LogP contribution in [0.2, 0.25) is 0 Å². The number of rotatable bonds is 3. The molecular weight excluding hydrogens is 300 g/mol. The maximum Gasteiger partial charge on any atom is 0.310 e. The van der Waals surface area contributed by atoms with Crippen LogP contribution in [0.15, 0.2) is 12.3 Å². The van der Waals surface area contributed by atoms with Gasteiger partial charge in [0.2, 0.25) is 5.95 Å². The van der Waals surface area contributed by atoms with E-state index in [-0.39, 0.29) is 12.0 Å². The van der Waals surface area contributed by atoms with Crippen molar-refractivity contribution in [2.75, 3.05) is 6.61 Å². The number of hydrogen-bond donors (Lipinski definition) is 0. The quantitative estimate of drug-likeness (QED) is 0.486. The fourth-order valence-electron chi connectivity index (χ4n) is 0.956. The van der Waals surface area contributed by atoms with Crippen molar-refractivity contribution >= 4 is 28.6 Å². The van der Waals surface area contributed by atoms with Crippen molar-refractivity contribution in [3.63, 3.8) is 0 Å². The number of carbonyl (C=O) groups excluding carboxylic acids is 1. The summed E-state index contributed by atoms with van der Waals surface area (Å²) in [5, 5.41) is 0. The second kappa shape index (κ2) is 5.23. The maximum absolute atomic E-state index is 13.0. The highest BCUT2D eigenvalue weighted by molar-refractivity contribution is 14.1. The molecule has 0 aromatic carbocycles. The minimum atomic E-state index is -0.613. The number of aromatic nitrogens is 1. The molecule has 1 heterocycles. The van der Waals surface area contributed by atoms with Gasteiger partial charge in [-0.3, -0.25) is 4.79 Å². The van der Waals surface area contributed by atoms with E-state index in [0.717, 1.165) is 3.57 Å². The maximum atomic E-state index is 13.0. The van der Waals surface area contributed by atoms with Crippen LogP contribution in [0, 0.1) is 9.52 Å². The van der Waals surface area contributed by atoms with Crippen LogP contribution in [-0.4, -0.2) is 17.6 Å². The predicted molar refractivity (Wildman–Crippen MR) is 57.2 cm³/mol. The Hall–Kier alpha value is -0.720. The largest absolute Gasteiger partial charge is 0.466 e. The van der Waals surface area contributed by atoms with E-state index >= 15 is 0 Å². The lowest BCUT2D eigenvalue weighted by atomic mass is 10.2. The van der Waals surface area contributed by atoms with Crippen molar-refractivity contribution in [3.05, 3.63) is 27.3 Å². The Morgan fingerprint density at radius 3 is 3.07 bits per heavy atom. The van der Waals surface area contributed by atoms with Gasteiger partial charge in [-0.05, 0) is 35.6 Å². The summed E-state index contributed by atoms with van der Waals surface area (Å²) in [6, 6.07) is 1.58. The molecule has 76 valence electrons. The number of nitrogens with zero attached hydrogens (tertiary/aromatic N) is 1. The van der Waals surface area contributed by atoms with Crippen LogP contribution in [-0.2, 0) is 16.0 Å². The topological polar surface area (TPSA) is 39.2 Å². The number of carbonyl (C=O) groups is 1. The van der Waals surface area contributed by atoms with E-state index in [2.05, 4.69) is 4.98 Å². The number of pyridine rings is 1. The van der Waals surface area contributed by atoms with Crippen molar-refractivity contribution in [1.82, 2.24) is 4.98 Å². The van der Waals surface area contributed by atoms with Crippen LogP contribution in [0.3, 0.4) is 0 Å². The molecular formula is C9H9FINO2. The van der Waals surface area contributed by atoms with Gasteiger partial charge in [-0.15, -0.1) is 0 Å². The predicted octanol–water partition coefficient (Wildman–Crippen LogP) is 1.93. The first kappa shape index (κ1) is 11.4. The third-order valence-electron chi connectivity index (χ3n) is 1.52. The molecule has 1 aromatic rings. The first-order chi connectivity index (χ1) is 6.63. The molecule has 0 N–H and O–H groups in total. The van der Waals surface area contributed by atoms with Crippen molar-refractivity contribution in [2.45, 2.75) is 13.3 Å². The minimum absolute atomic E-state index is 0.0660. The van der Waals surface area contributed by atoms with Gasteiger partial charge in [0.1, 0.15) is 0 Å². The highest BCUT2D eigenvalue weighted by Crippen LogP contribution is 2.10. The summed E-state index contributed by atoms with van der Waals surface area (Å²) in [6.45, 7) is 2.01. The third-order valence-corrected chi connectivity index (χ3v) is 2.11. The number of ether oxygens (including phenoxy) is 1. The van der Waals surface area contributed by atoms with Crippen LogP contribution in [0.5, 0.6) is 0 Å². The van der Waals surface area contributed by atoms with Gasteiger partial charge in [-0.1, -0.05) is 0 Å². The molecule has 0 aliphatic heterocycles. The van der Waals surface area contributed by atoms with Crippen LogP contribution in [0.1, 0.15) is 12.5 Å². The summed E-state index contributed by atoms with van der Waals surface area (Å²) in [7, 11) is 0. The minimum Gasteiger partial charge on any atom is -0.466 e. The molecule has 0 saturated carbocycles. The van der Waals surface area contributed by atoms with Crippen LogP contribution >= 0.6 is 22.6 Å². The first-order valence-corrected chi connectivity index (χ1v) is 5.17. The molecule has 3 nitrogen and oxygen atoms in total. The van der Waals surface area contributed by atoms with E-state index in [1.54, 1.807) is 13.0 Å². The Balaban J connectivity index is 2.75. The average Bonchev–Trinajstić information content (AvgIpc) is 2.12. The molecule has 0 spiro atoms. The monoisotopic (exact) mass is 309 g/mol. The average molecular weight is 309 g/mol. The fourth-order valence-corrected chi connectivity index (χ4v) is 1.47. The van der Waals surface area contributed by atoms with Crippen molar-refractivity contribution < 1.29 is 13.9 Å². The van der Waals surface area contributed by atoms with E-state index in [9.17, 15) is 9.18 Å². The molecule has 1 rings (SSSR count). The summed E-state index contributed by atoms with van der Waals surface area (Å²) in [5.74, 6) is -1.05. The molecule has 0 unspecified atom stereocenters. The Labute approximate surface area is 94.8 Å². The highest BCUT2D eigenvalue weighted by Gasteiger charge is 2.10. The van der Waals surface area contributed by atoms with Crippen LogP contribution in [0.25, 0.3) is 0 Å². The van der Waals surface area contributed by atoms with Gasteiger partial charge in [0.05, 0.1) is 13.0 Å². The summed E-state index contributed by atoms with van der Waals surface area (Å²) in [5.41, 5.74) is 0.273. The fraction of sp³-hybridized carbons (Fsp3) is 0.333. The normalized spacial score (nSPS) is 9.93. The van der Waals surface area contributed by atoms with Crippen LogP contribution in [0.4, 0.5) is 4.39 Å². The van der Waals surface area contributed by atoms with Gasteiger partial charge in [-0.25, -0.2) is 4.98 Å². The summed E-state index contributed by atoms with van der Waals surface area (Å²) in [4.78, 5) is 14.6. The van der Waals surface area contributed by atoms with E-state index in [1.807, 2.05) is 22.6 Å². The third kappa shape index (κ3) is 3.21.